The van der Waals surface area contributed by atoms with Crippen LogP contribution in [0.25, 0.3) is 0 Å². The maximum atomic E-state index is 5.88. The van der Waals surface area contributed by atoms with E-state index in [9.17, 15) is 0 Å². The maximum Gasteiger partial charge on any atom is 0.191 e. The van der Waals surface area contributed by atoms with E-state index in [0.29, 0.717) is 18.2 Å². The van der Waals surface area contributed by atoms with E-state index < -0.39 is 0 Å². The van der Waals surface area contributed by atoms with Crippen molar-refractivity contribution in [2.24, 2.45) is 4.99 Å². The van der Waals surface area contributed by atoms with Crippen LogP contribution >= 0.6 is 24.0 Å². The van der Waals surface area contributed by atoms with Crippen LogP contribution in [0.1, 0.15) is 51.4 Å². The number of rotatable bonds is 4. The van der Waals surface area contributed by atoms with Crippen LogP contribution in [-0.2, 0) is 4.74 Å². The molecule has 3 atom stereocenters. The van der Waals surface area contributed by atoms with Crippen LogP contribution in [0.4, 0.5) is 0 Å². The molecule has 0 saturated carbocycles. The average molecular weight is 405 g/mol. The SMILES string of the molecule is CN=C(NCCC1=CCCCC1)NC1CC2CCC1O2.I. The summed E-state index contributed by atoms with van der Waals surface area (Å²) in [5.74, 6) is 0.933. The molecule has 3 rings (SSSR count). The van der Waals surface area contributed by atoms with Gasteiger partial charge in [-0.1, -0.05) is 11.6 Å². The van der Waals surface area contributed by atoms with Gasteiger partial charge in [0.05, 0.1) is 18.2 Å². The number of halogens is 1. The molecule has 2 bridgehead atoms. The fraction of sp³-hybridized carbons (Fsp3) is 0.812. The highest BCUT2D eigenvalue weighted by Gasteiger charge is 2.41. The summed E-state index contributed by atoms with van der Waals surface area (Å²) in [7, 11) is 1.85. The van der Waals surface area contributed by atoms with Gasteiger partial charge in [-0.05, 0) is 51.4 Å². The molecule has 2 heterocycles. The van der Waals surface area contributed by atoms with Crippen LogP contribution in [0.3, 0.4) is 0 Å². The van der Waals surface area contributed by atoms with Crippen LogP contribution in [0, 0.1) is 0 Å². The Morgan fingerprint density at radius 3 is 2.90 bits per heavy atom. The number of guanidine groups is 1. The van der Waals surface area contributed by atoms with Gasteiger partial charge in [0.2, 0.25) is 0 Å². The quantitative estimate of drug-likeness (QED) is 0.327. The minimum Gasteiger partial charge on any atom is -0.373 e. The van der Waals surface area contributed by atoms with E-state index in [4.69, 9.17) is 4.74 Å². The molecule has 120 valence electrons. The lowest BCUT2D eigenvalue weighted by Gasteiger charge is -2.23. The van der Waals surface area contributed by atoms with Crippen LogP contribution in [0.15, 0.2) is 16.6 Å². The van der Waals surface area contributed by atoms with E-state index in [1.165, 1.54) is 38.5 Å². The van der Waals surface area contributed by atoms with E-state index in [1.54, 1.807) is 5.57 Å². The molecule has 5 heteroatoms. The molecule has 2 saturated heterocycles. The zero-order valence-corrected chi connectivity index (χ0v) is 15.3. The van der Waals surface area contributed by atoms with E-state index in [-0.39, 0.29) is 24.0 Å². The predicted molar refractivity (Wildman–Crippen MR) is 97.4 cm³/mol. The van der Waals surface area contributed by atoms with Crippen LogP contribution in [-0.4, -0.2) is 37.8 Å². The van der Waals surface area contributed by atoms with Crippen molar-refractivity contribution in [2.45, 2.75) is 69.6 Å². The molecule has 3 aliphatic rings. The molecule has 2 fully saturated rings. The second-order valence-electron chi connectivity index (χ2n) is 6.22. The van der Waals surface area contributed by atoms with Crippen molar-refractivity contribution in [3.63, 3.8) is 0 Å². The fourth-order valence-corrected chi connectivity index (χ4v) is 3.63. The molecular formula is C16H28IN3O. The molecule has 0 amide bonds. The summed E-state index contributed by atoms with van der Waals surface area (Å²) in [6.45, 7) is 0.979. The Morgan fingerprint density at radius 2 is 2.29 bits per heavy atom. The van der Waals surface area contributed by atoms with Crippen molar-refractivity contribution in [1.82, 2.24) is 10.6 Å². The Labute approximate surface area is 145 Å². The smallest absolute Gasteiger partial charge is 0.191 e. The van der Waals surface area contributed by atoms with Gasteiger partial charge in [0, 0.05) is 13.6 Å². The number of ether oxygens (including phenoxy) is 1. The molecule has 1 aliphatic carbocycles. The molecule has 0 spiro atoms. The Kier molecular flexibility index (Phi) is 6.79. The lowest BCUT2D eigenvalue weighted by molar-refractivity contribution is 0.0992. The topological polar surface area (TPSA) is 45.7 Å². The highest BCUT2D eigenvalue weighted by atomic mass is 127. The predicted octanol–water partition coefficient (Wildman–Crippen LogP) is 2.98. The summed E-state index contributed by atoms with van der Waals surface area (Å²) in [5.41, 5.74) is 1.61. The highest BCUT2D eigenvalue weighted by molar-refractivity contribution is 14.0. The Hall–Kier alpha value is -0.300. The number of nitrogens with zero attached hydrogens (tertiary/aromatic N) is 1. The van der Waals surface area contributed by atoms with Gasteiger partial charge in [-0.25, -0.2) is 0 Å². The molecule has 0 aromatic heterocycles. The summed E-state index contributed by atoms with van der Waals surface area (Å²) in [4.78, 5) is 4.34. The summed E-state index contributed by atoms with van der Waals surface area (Å²) in [6.07, 6.45) is 13.3. The first-order valence-corrected chi connectivity index (χ1v) is 8.15. The van der Waals surface area contributed by atoms with E-state index in [1.807, 2.05) is 7.05 Å². The molecule has 0 radical (unpaired) electrons. The Balaban J connectivity index is 0.00000161. The molecule has 0 aromatic carbocycles. The first kappa shape index (κ1) is 17.1. The summed E-state index contributed by atoms with van der Waals surface area (Å²) < 4.78 is 5.88. The standard InChI is InChI=1S/C16H27N3O.HI/c1-17-16(18-10-9-12-5-3-2-4-6-12)19-14-11-13-7-8-15(14)20-13;/h5,13-15H,2-4,6-11H2,1H3,(H2,17,18,19);1H. The van der Waals surface area contributed by atoms with Gasteiger partial charge >= 0.3 is 0 Å². The van der Waals surface area contributed by atoms with Gasteiger partial charge in [-0.3, -0.25) is 4.99 Å². The second kappa shape index (κ2) is 8.36. The maximum absolute atomic E-state index is 5.88. The van der Waals surface area contributed by atoms with Crippen molar-refractivity contribution in [1.29, 1.82) is 0 Å². The van der Waals surface area contributed by atoms with Crippen molar-refractivity contribution in [3.05, 3.63) is 11.6 Å². The van der Waals surface area contributed by atoms with Gasteiger partial charge < -0.3 is 15.4 Å². The van der Waals surface area contributed by atoms with Crippen LogP contribution < -0.4 is 10.6 Å². The van der Waals surface area contributed by atoms with Crippen molar-refractivity contribution >= 4 is 29.9 Å². The van der Waals surface area contributed by atoms with Gasteiger partial charge in [-0.15, -0.1) is 24.0 Å². The fourth-order valence-electron chi connectivity index (χ4n) is 3.63. The lowest BCUT2D eigenvalue weighted by atomic mass is 9.96. The number of fused-ring (bicyclic) bond motifs is 2. The Bertz CT molecular complexity index is 397. The summed E-state index contributed by atoms with van der Waals surface area (Å²) in [6, 6.07) is 0.453. The van der Waals surface area contributed by atoms with Gasteiger partial charge in [0.15, 0.2) is 5.96 Å². The number of allylic oxidation sites excluding steroid dienone is 1. The molecule has 3 unspecified atom stereocenters. The molecule has 2 aliphatic heterocycles. The zero-order chi connectivity index (χ0) is 13.8. The van der Waals surface area contributed by atoms with E-state index in [2.05, 4.69) is 21.7 Å². The third-order valence-corrected chi connectivity index (χ3v) is 4.78. The third-order valence-electron chi connectivity index (χ3n) is 4.78. The minimum atomic E-state index is 0. The Morgan fingerprint density at radius 1 is 1.38 bits per heavy atom. The monoisotopic (exact) mass is 405 g/mol. The molecular weight excluding hydrogens is 377 g/mol. The first-order chi connectivity index (χ1) is 9.85. The first-order valence-electron chi connectivity index (χ1n) is 8.15. The van der Waals surface area contributed by atoms with E-state index >= 15 is 0 Å². The van der Waals surface area contributed by atoms with Crippen molar-refractivity contribution < 1.29 is 4.74 Å². The summed E-state index contributed by atoms with van der Waals surface area (Å²) in [5, 5.41) is 6.97. The van der Waals surface area contributed by atoms with Crippen LogP contribution in [0.5, 0.6) is 0 Å². The number of hydrogen-bond acceptors (Lipinski definition) is 2. The van der Waals surface area contributed by atoms with Crippen LogP contribution in [0.2, 0.25) is 0 Å². The number of hydrogen-bond donors (Lipinski definition) is 2. The molecule has 0 aromatic rings. The molecule has 2 N–H and O–H groups in total. The van der Waals surface area contributed by atoms with Crippen molar-refractivity contribution in [3.8, 4) is 0 Å². The normalized spacial score (nSPS) is 31.6. The van der Waals surface area contributed by atoms with Gasteiger partial charge in [0.1, 0.15) is 0 Å². The number of nitrogens with one attached hydrogen (secondary N) is 2. The van der Waals surface area contributed by atoms with Gasteiger partial charge in [-0.2, -0.15) is 0 Å². The third kappa shape index (κ3) is 4.58. The largest absolute Gasteiger partial charge is 0.373 e. The number of aliphatic imine (C=N–C) groups is 1. The average Bonchev–Trinajstić information content (AvgIpc) is 3.10. The second-order valence-corrected chi connectivity index (χ2v) is 6.22. The highest BCUT2D eigenvalue weighted by Crippen LogP contribution is 2.34. The molecule has 21 heavy (non-hydrogen) atoms. The minimum absolute atomic E-state index is 0. The van der Waals surface area contributed by atoms with E-state index in [0.717, 1.165) is 25.3 Å². The molecule has 4 nitrogen and oxygen atoms in total. The summed E-state index contributed by atoms with van der Waals surface area (Å²) >= 11 is 0. The van der Waals surface area contributed by atoms with Gasteiger partial charge in [0.25, 0.3) is 0 Å². The van der Waals surface area contributed by atoms with Crippen molar-refractivity contribution in [2.75, 3.05) is 13.6 Å². The lowest BCUT2D eigenvalue weighted by Crippen LogP contribution is -2.47. The zero-order valence-electron chi connectivity index (χ0n) is 12.9.